The lowest BCUT2D eigenvalue weighted by atomic mass is 9.95. The Kier molecular flexibility index (Phi) is 6.84. The first kappa shape index (κ1) is 22.7. The van der Waals surface area contributed by atoms with Crippen molar-refractivity contribution in [3.63, 3.8) is 0 Å². The minimum atomic E-state index is -0.285. The summed E-state index contributed by atoms with van der Waals surface area (Å²) in [6.45, 7) is 0. The Morgan fingerprint density at radius 1 is 0.848 bits per heavy atom. The number of methoxy groups -OCH3 is 3. The lowest BCUT2D eigenvalue weighted by molar-refractivity contribution is 0.102. The van der Waals surface area contributed by atoms with Crippen molar-refractivity contribution in [3.8, 4) is 17.2 Å². The van der Waals surface area contributed by atoms with Crippen molar-refractivity contribution in [2.75, 3.05) is 32.0 Å². The number of rotatable bonds is 7. The molecule has 8 heteroatoms. The van der Waals surface area contributed by atoms with E-state index in [9.17, 15) is 9.59 Å². The molecule has 172 valence electrons. The fourth-order valence-corrected chi connectivity index (χ4v) is 5.29. The standard InChI is InChI=1S/C25H26N2O5S/c1-30-18-13-16(14-19(31-2)22(18)32-3)26-24(29)21-17-11-7-8-12-20(17)33-25(21)27-23(28)15-9-5-4-6-10-15/h4-6,9-10,13-14H,7-8,11-12H2,1-3H3,(H,26,29)(H,27,28). The predicted molar refractivity (Wildman–Crippen MR) is 129 cm³/mol. The molecule has 0 atom stereocenters. The van der Waals surface area contributed by atoms with Gasteiger partial charge in [-0.3, -0.25) is 9.59 Å². The molecule has 1 aliphatic rings. The van der Waals surface area contributed by atoms with Crippen LogP contribution in [-0.2, 0) is 12.8 Å². The summed E-state index contributed by atoms with van der Waals surface area (Å²) in [6.07, 6.45) is 3.81. The van der Waals surface area contributed by atoms with Crippen molar-refractivity contribution in [3.05, 3.63) is 64.0 Å². The van der Waals surface area contributed by atoms with Gasteiger partial charge in [0.05, 0.1) is 26.9 Å². The number of benzene rings is 2. The molecule has 7 nitrogen and oxygen atoms in total. The zero-order chi connectivity index (χ0) is 23.4. The average molecular weight is 467 g/mol. The molecule has 0 radical (unpaired) electrons. The summed E-state index contributed by atoms with van der Waals surface area (Å²) >= 11 is 1.48. The number of carbonyl (C=O) groups is 2. The van der Waals surface area contributed by atoms with Gasteiger partial charge in [0.1, 0.15) is 5.00 Å². The third-order valence-electron chi connectivity index (χ3n) is 5.58. The van der Waals surface area contributed by atoms with Crippen molar-refractivity contribution in [2.24, 2.45) is 0 Å². The van der Waals surface area contributed by atoms with Gasteiger partial charge in [0.25, 0.3) is 11.8 Å². The predicted octanol–water partition coefficient (Wildman–Crippen LogP) is 5.16. The number of fused-ring (bicyclic) bond motifs is 1. The molecule has 0 spiro atoms. The molecule has 1 heterocycles. The van der Waals surface area contributed by atoms with E-state index < -0.39 is 0 Å². The maximum absolute atomic E-state index is 13.5. The van der Waals surface area contributed by atoms with Gasteiger partial charge in [-0.05, 0) is 43.4 Å². The number of nitrogens with one attached hydrogen (secondary N) is 2. The summed E-state index contributed by atoms with van der Waals surface area (Å²) in [6, 6.07) is 12.3. The van der Waals surface area contributed by atoms with Crippen LogP contribution >= 0.6 is 11.3 Å². The van der Waals surface area contributed by atoms with Crippen LogP contribution in [0.15, 0.2) is 42.5 Å². The number of hydrogen-bond donors (Lipinski definition) is 2. The topological polar surface area (TPSA) is 85.9 Å². The zero-order valence-corrected chi connectivity index (χ0v) is 19.6. The lowest BCUT2D eigenvalue weighted by Gasteiger charge is -2.16. The zero-order valence-electron chi connectivity index (χ0n) is 18.8. The van der Waals surface area contributed by atoms with Gasteiger partial charge in [-0.15, -0.1) is 11.3 Å². The van der Waals surface area contributed by atoms with Gasteiger partial charge in [0.2, 0.25) is 5.75 Å². The molecule has 33 heavy (non-hydrogen) atoms. The molecule has 0 unspecified atom stereocenters. The van der Waals surface area contributed by atoms with Crippen LogP contribution in [-0.4, -0.2) is 33.1 Å². The summed E-state index contributed by atoms with van der Waals surface area (Å²) in [4.78, 5) is 27.4. The molecule has 4 rings (SSSR count). The van der Waals surface area contributed by atoms with E-state index in [1.165, 1.54) is 32.7 Å². The Bertz CT molecular complexity index is 1150. The van der Waals surface area contributed by atoms with E-state index >= 15 is 0 Å². The van der Waals surface area contributed by atoms with Crippen LogP contribution in [0, 0.1) is 0 Å². The van der Waals surface area contributed by atoms with E-state index in [-0.39, 0.29) is 11.8 Å². The number of carbonyl (C=O) groups excluding carboxylic acids is 2. The molecule has 0 aliphatic heterocycles. The van der Waals surface area contributed by atoms with E-state index in [4.69, 9.17) is 14.2 Å². The number of aryl methyl sites for hydroxylation is 1. The first-order valence-corrected chi connectivity index (χ1v) is 11.5. The Morgan fingerprint density at radius 3 is 2.15 bits per heavy atom. The SMILES string of the molecule is COc1cc(NC(=O)c2c(NC(=O)c3ccccc3)sc3c2CCCC3)cc(OC)c1OC. The van der Waals surface area contributed by atoms with E-state index in [2.05, 4.69) is 10.6 Å². The molecule has 1 aromatic heterocycles. The molecule has 2 N–H and O–H groups in total. The average Bonchev–Trinajstić information content (AvgIpc) is 3.21. The highest BCUT2D eigenvalue weighted by Crippen LogP contribution is 2.42. The summed E-state index contributed by atoms with van der Waals surface area (Å²) in [7, 11) is 4.57. The molecule has 0 fully saturated rings. The first-order valence-electron chi connectivity index (χ1n) is 10.7. The Labute approximate surface area is 196 Å². The highest BCUT2D eigenvalue weighted by molar-refractivity contribution is 7.17. The van der Waals surface area contributed by atoms with E-state index in [1.54, 1.807) is 24.3 Å². The maximum Gasteiger partial charge on any atom is 0.258 e. The molecule has 2 aromatic carbocycles. The van der Waals surface area contributed by atoms with E-state index in [0.717, 1.165) is 36.1 Å². The third-order valence-corrected chi connectivity index (χ3v) is 6.79. The largest absolute Gasteiger partial charge is 0.493 e. The quantitative estimate of drug-likeness (QED) is 0.503. The molecule has 2 amide bonds. The minimum Gasteiger partial charge on any atom is -0.493 e. The lowest BCUT2D eigenvalue weighted by Crippen LogP contribution is -2.18. The van der Waals surface area contributed by atoms with Crippen molar-refractivity contribution in [1.82, 2.24) is 0 Å². The van der Waals surface area contributed by atoms with E-state index in [0.29, 0.717) is 39.1 Å². The Balaban J connectivity index is 1.67. The fourth-order valence-electron chi connectivity index (χ4n) is 4.01. The highest BCUT2D eigenvalue weighted by Gasteiger charge is 2.27. The second-order valence-electron chi connectivity index (χ2n) is 7.60. The number of thiophene rings is 1. The first-order chi connectivity index (χ1) is 16.0. The number of hydrogen-bond acceptors (Lipinski definition) is 6. The van der Waals surface area contributed by atoms with Crippen molar-refractivity contribution >= 4 is 33.8 Å². The smallest absolute Gasteiger partial charge is 0.258 e. The molecular weight excluding hydrogens is 440 g/mol. The Hall–Kier alpha value is -3.52. The normalized spacial score (nSPS) is 12.5. The van der Waals surface area contributed by atoms with Gasteiger partial charge in [-0.25, -0.2) is 0 Å². The van der Waals surface area contributed by atoms with Crippen LogP contribution in [0.4, 0.5) is 10.7 Å². The second kappa shape index (κ2) is 9.95. The second-order valence-corrected chi connectivity index (χ2v) is 8.71. The monoisotopic (exact) mass is 466 g/mol. The van der Waals surface area contributed by atoms with Gasteiger partial charge >= 0.3 is 0 Å². The van der Waals surface area contributed by atoms with Gasteiger partial charge < -0.3 is 24.8 Å². The maximum atomic E-state index is 13.5. The van der Waals surface area contributed by atoms with Crippen LogP contribution in [0.1, 0.15) is 44.0 Å². The summed E-state index contributed by atoms with van der Waals surface area (Å²) in [5.41, 5.74) is 2.58. The minimum absolute atomic E-state index is 0.240. The number of ether oxygens (including phenoxy) is 3. The summed E-state index contributed by atoms with van der Waals surface area (Å²) in [5.74, 6) is 0.805. The third kappa shape index (κ3) is 4.66. The van der Waals surface area contributed by atoms with Gasteiger partial charge in [-0.2, -0.15) is 0 Å². The van der Waals surface area contributed by atoms with Crippen LogP contribution in [0.2, 0.25) is 0 Å². The number of anilines is 2. The van der Waals surface area contributed by atoms with Crippen molar-refractivity contribution in [2.45, 2.75) is 25.7 Å². The van der Waals surface area contributed by atoms with Crippen LogP contribution < -0.4 is 24.8 Å². The van der Waals surface area contributed by atoms with Crippen molar-refractivity contribution in [1.29, 1.82) is 0 Å². The summed E-state index contributed by atoms with van der Waals surface area (Å²) in [5, 5.41) is 6.48. The van der Waals surface area contributed by atoms with Crippen LogP contribution in [0.5, 0.6) is 17.2 Å². The van der Waals surface area contributed by atoms with Gasteiger partial charge in [0, 0.05) is 28.3 Å². The molecule has 1 aliphatic carbocycles. The fraction of sp³-hybridized carbons (Fsp3) is 0.280. The molecule has 0 saturated heterocycles. The molecule has 3 aromatic rings. The Morgan fingerprint density at radius 2 is 1.52 bits per heavy atom. The van der Waals surface area contributed by atoms with Gasteiger partial charge in [0.15, 0.2) is 11.5 Å². The number of amides is 2. The summed E-state index contributed by atoms with van der Waals surface area (Å²) < 4.78 is 16.2. The van der Waals surface area contributed by atoms with Gasteiger partial charge in [-0.1, -0.05) is 18.2 Å². The van der Waals surface area contributed by atoms with E-state index in [1.807, 2.05) is 18.2 Å². The molecule has 0 bridgehead atoms. The van der Waals surface area contributed by atoms with Crippen LogP contribution in [0.3, 0.4) is 0 Å². The highest BCUT2D eigenvalue weighted by atomic mass is 32.1. The molecule has 0 saturated carbocycles. The molecular formula is C25H26N2O5S. The van der Waals surface area contributed by atoms with Crippen molar-refractivity contribution < 1.29 is 23.8 Å². The van der Waals surface area contributed by atoms with Crippen LogP contribution in [0.25, 0.3) is 0 Å².